The summed E-state index contributed by atoms with van der Waals surface area (Å²) in [6.45, 7) is 2.23. The van der Waals surface area contributed by atoms with E-state index in [2.05, 4.69) is 85.6 Å². The molecule has 0 saturated heterocycles. The van der Waals surface area contributed by atoms with Gasteiger partial charge in [0.25, 0.3) is 0 Å². The van der Waals surface area contributed by atoms with Gasteiger partial charge in [0.05, 0.1) is 0 Å². The Morgan fingerprint density at radius 3 is 2.50 bits per heavy atom. The van der Waals surface area contributed by atoms with Gasteiger partial charge >= 0.3 is 0 Å². The van der Waals surface area contributed by atoms with Crippen LogP contribution in [0, 0.1) is 0 Å². The van der Waals surface area contributed by atoms with Crippen molar-refractivity contribution in [3.63, 3.8) is 0 Å². The molecule has 0 atom stereocenters. The second-order valence-electron chi connectivity index (χ2n) is 5.75. The molecule has 0 amide bonds. The fourth-order valence-electron chi connectivity index (χ4n) is 3.03. The molecule has 3 rings (SSSR count). The van der Waals surface area contributed by atoms with Crippen LogP contribution in [0.3, 0.4) is 0 Å². The molecular formula is C21H23N. The van der Waals surface area contributed by atoms with Gasteiger partial charge in [-0.3, -0.25) is 0 Å². The third-order valence-electron chi connectivity index (χ3n) is 4.35. The molecule has 1 aliphatic rings. The normalized spacial score (nSPS) is 13.8. The van der Waals surface area contributed by atoms with Crippen LogP contribution in [0.4, 0.5) is 5.69 Å². The highest BCUT2D eigenvalue weighted by Crippen LogP contribution is 2.30. The Kier molecular flexibility index (Phi) is 4.43. The highest BCUT2D eigenvalue weighted by Gasteiger charge is 2.12. The Hall–Kier alpha value is -2.28. The number of nitrogens with zero attached hydrogens (tertiary/aromatic N) is 1. The summed E-state index contributed by atoms with van der Waals surface area (Å²) in [5.74, 6) is 0. The van der Waals surface area contributed by atoms with E-state index in [1.807, 2.05) is 0 Å². The lowest BCUT2D eigenvalue weighted by molar-refractivity contribution is 0.890. The van der Waals surface area contributed by atoms with Gasteiger partial charge in [0.15, 0.2) is 0 Å². The fourth-order valence-corrected chi connectivity index (χ4v) is 3.03. The van der Waals surface area contributed by atoms with E-state index in [9.17, 15) is 0 Å². The molecule has 1 nitrogen and oxygen atoms in total. The third kappa shape index (κ3) is 2.99. The molecule has 22 heavy (non-hydrogen) atoms. The van der Waals surface area contributed by atoms with Gasteiger partial charge in [-0.25, -0.2) is 0 Å². The predicted molar refractivity (Wildman–Crippen MR) is 96.1 cm³/mol. The van der Waals surface area contributed by atoms with E-state index in [-0.39, 0.29) is 0 Å². The number of rotatable bonds is 4. The summed E-state index contributed by atoms with van der Waals surface area (Å²) in [5, 5.41) is 0. The second kappa shape index (κ2) is 6.65. The van der Waals surface area contributed by atoms with Gasteiger partial charge in [0, 0.05) is 18.4 Å². The molecule has 0 saturated carbocycles. The van der Waals surface area contributed by atoms with Crippen LogP contribution in [0.15, 0.2) is 72.5 Å². The predicted octanol–water partition coefficient (Wildman–Crippen LogP) is 5.59. The Balaban J connectivity index is 1.96. The monoisotopic (exact) mass is 289 g/mol. The molecule has 1 heteroatoms. The van der Waals surface area contributed by atoms with Gasteiger partial charge in [-0.1, -0.05) is 55.5 Å². The van der Waals surface area contributed by atoms with Crippen molar-refractivity contribution < 1.29 is 0 Å². The molecule has 0 spiro atoms. The molecule has 0 aliphatic heterocycles. The van der Waals surface area contributed by atoms with Crippen LogP contribution in [0.25, 0.3) is 11.1 Å². The summed E-state index contributed by atoms with van der Waals surface area (Å²) in [5.41, 5.74) is 6.70. The van der Waals surface area contributed by atoms with Crippen LogP contribution in [-0.4, -0.2) is 7.05 Å². The zero-order valence-electron chi connectivity index (χ0n) is 13.4. The van der Waals surface area contributed by atoms with Crippen molar-refractivity contribution in [2.45, 2.75) is 26.2 Å². The summed E-state index contributed by atoms with van der Waals surface area (Å²) in [6, 6.07) is 17.4. The maximum atomic E-state index is 2.34. The van der Waals surface area contributed by atoms with Crippen molar-refractivity contribution in [2.75, 3.05) is 11.9 Å². The van der Waals surface area contributed by atoms with Crippen molar-refractivity contribution in [3.05, 3.63) is 78.0 Å². The van der Waals surface area contributed by atoms with Gasteiger partial charge in [-0.15, -0.1) is 0 Å². The minimum absolute atomic E-state index is 1.05. The molecule has 0 heterocycles. The number of allylic oxidation sites excluding steroid dienone is 4. The Morgan fingerprint density at radius 1 is 1.00 bits per heavy atom. The molecule has 0 bridgehead atoms. The molecular weight excluding hydrogens is 266 g/mol. The van der Waals surface area contributed by atoms with Gasteiger partial charge < -0.3 is 4.90 Å². The largest absolute Gasteiger partial charge is 0.348 e. The first-order valence-corrected chi connectivity index (χ1v) is 8.07. The quantitative estimate of drug-likeness (QED) is 0.709. The van der Waals surface area contributed by atoms with Gasteiger partial charge in [0.2, 0.25) is 0 Å². The summed E-state index contributed by atoms with van der Waals surface area (Å²) in [6.07, 6.45) is 9.93. The minimum Gasteiger partial charge on any atom is -0.348 e. The van der Waals surface area contributed by atoms with Crippen LogP contribution < -0.4 is 4.90 Å². The lowest BCUT2D eigenvalue weighted by Crippen LogP contribution is -2.18. The first-order valence-electron chi connectivity index (χ1n) is 8.07. The fraction of sp³-hybridized carbons (Fsp3) is 0.238. The van der Waals surface area contributed by atoms with Crippen molar-refractivity contribution in [1.82, 2.24) is 0 Å². The molecule has 2 aromatic carbocycles. The molecule has 0 aromatic heterocycles. The Morgan fingerprint density at radius 2 is 1.82 bits per heavy atom. The number of anilines is 1. The highest BCUT2D eigenvalue weighted by molar-refractivity contribution is 5.70. The maximum Gasteiger partial charge on any atom is 0.0438 e. The van der Waals surface area contributed by atoms with Gasteiger partial charge in [-0.2, -0.15) is 0 Å². The number of aryl methyl sites for hydroxylation is 1. The summed E-state index contributed by atoms with van der Waals surface area (Å²) in [7, 11) is 2.18. The highest BCUT2D eigenvalue weighted by atomic mass is 15.1. The smallest absolute Gasteiger partial charge is 0.0438 e. The SMILES string of the molecule is CCc1cc(-c2ccccc2)ccc1N(C)C1=CC=CCC1. The molecule has 112 valence electrons. The number of hydrogen-bond acceptors (Lipinski definition) is 1. The topological polar surface area (TPSA) is 3.24 Å². The molecule has 0 radical (unpaired) electrons. The van der Waals surface area contributed by atoms with Crippen LogP contribution in [0.2, 0.25) is 0 Å². The molecule has 2 aromatic rings. The van der Waals surface area contributed by atoms with E-state index < -0.39 is 0 Å². The zero-order valence-corrected chi connectivity index (χ0v) is 13.4. The van der Waals surface area contributed by atoms with Crippen molar-refractivity contribution in [3.8, 4) is 11.1 Å². The van der Waals surface area contributed by atoms with E-state index in [1.54, 1.807) is 0 Å². The van der Waals surface area contributed by atoms with Crippen LogP contribution >= 0.6 is 0 Å². The molecule has 0 unspecified atom stereocenters. The van der Waals surface area contributed by atoms with Gasteiger partial charge in [0.1, 0.15) is 0 Å². The summed E-state index contributed by atoms with van der Waals surface area (Å²) < 4.78 is 0. The average molecular weight is 289 g/mol. The van der Waals surface area contributed by atoms with E-state index in [0.717, 1.165) is 19.3 Å². The van der Waals surface area contributed by atoms with Gasteiger partial charge in [-0.05, 0) is 54.2 Å². The van der Waals surface area contributed by atoms with Crippen molar-refractivity contribution in [2.24, 2.45) is 0 Å². The minimum atomic E-state index is 1.05. The van der Waals surface area contributed by atoms with Crippen molar-refractivity contribution in [1.29, 1.82) is 0 Å². The first kappa shape index (κ1) is 14.6. The van der Waals surface area contributed by atoms with E-state index in [1.165, 1.54) is 28.1 Å². The van der Waals surface area contributed by atoms with Crippen LogP contribution in [0.1, 0.15) is 25.3 Å². The first-order chi connectivity index (χ1) is 10.8. The van der Waals surface area contributed by atoms with E-state index >= 15 is 0 Å². The summed E-state index contributed by atoms with van der Waals surface area (Å²) >= 11 is 0. The summed E-state index contributed by atoms with van der Waals surface area (Å²) in [4.78, 5) is 2.34. The Bertz CT molecular complexity index is 695. The van der Waals surface area contributed by atoms with Crippen molar-refractivity contribution >= 4 is 5.69 Å². The maximum absolute atomic E-state index is 2.34. The standard InChI is InChI=1S/C21H23N/c1-3-17-16-19(18-10-6-4-7-11-18)14-15-21(17)22(2)20-12-8-5-9-13-20/h4-8,10-12,14-16H,3,9,13H2,1-2H3. The van der Waals surface area contributed by atoms with E-state index in [0.29, 0.717) is 0 Å². The molecule has 1 aliphatic carbocycles. The van der Waals surface area contributed by atoms with Crippen LogP contribution in [0.5, 0.6) is 0 Å². The Labute approximate surface area is 133 Å². The lowest BCUT2D eigenvalue weighted by Gasteiger charge is -2.26. The lowest BCUT2D eigenvalue weighted by atomic mass is 9.99. The number of benzene rings is 2. The van der Waals surface area contributed by atoms with E-state index in [4.69, 9.17) is 0 Å². The molecule has 0 fully saturated rings. The zero-order chi connectivity index (χ0) is 15.4. The average Bonchev–Trinajstić information content (AvgIpc) is 2.62. The van der Waals surface area contributed by atoms with Crippen LogP contribution in [-0.2, 0) is 6.42 Å². The second-order valence-corrected chi connectivity index (χ2v) is 5.75. The number of hydrogen-bond donors (Lipinski definition) is 0. The molecule has 0 N–H and O–H groups in total. The third-order valence-corrected chi connectivity index (χ3v) is 4.35.